The maximum Gasteiger partial charge on any atom is 0.262 e. The Kier molecular flexibility index (Phi) is 8.10. The molecule has 0 saturated heterocycles. The molecule has 6 nitrogen and oxygen atoms in total. The molecule has 0 radical (unpaired) electrons. The Morgan fingerprint density at radius 2 is 1.69 bits per heavy atom. The van der Waals surface area contributed by atoms with E-state index in [-0.39, 0.29) is 24.0 Å². The van der Waals surface area contributed by atoms with Gasteiger partial charge in [0.05, 0.1) is 9.37 Å². The number of aryl methyl sites for hydroxylation is 1. The Bertz CT molecular complexity index is 1180. The number of hydrogen-bond donors (Lipinski definition) is 1. The fourth-order valence-corrected chi connectivity index (χ4v) is 5.73. The fraction of sp³-hybridized carbons (Fsp3) is 0.174. The van der Waals surface area contributed by atoms with Gasteiger partial charge >= 0.3 is 0 Å². The first kappa shape index (κ1) is 24.4. The highest BCUT2D eigenvalue weighted by molar-refractivity contribution is 9.11. The summed E-state index contributed by atoms with van der Waals surface area (Å²) < 4.78 is 34.2. The molecule has 0 heterocycles. The van der Waals surface area contributed by atoms with E-state index in [1.807, 2.05) is 49.4 Å². The standard InChI is InChI=1S/C23H22Br2N2O4S/c1-16-12-18(24)13-21(25)23(16)31-15-22(28)26-19-8-10-20(11-9-19)32(29,30)27(2)14-17-6-4-3-5-7-17/h3-13H,14-15H2,1-2H3,(H,26,28). The second kappa shape index (κ2) is 10.6. The highest BCUT2D eigenvalue weighted by atomic mass is 79.9. The number of amides is 1. The molecule has 0 saturated carbocycles. The van der Waals surface area contributed by atoms with Crippen molar-refractivity contribution in [3.63, 3.8) is 0 Å². The molecule has 0 aliphatic carbocycles. The van der Waals surface area contributed by atoms with Crippen LogP contribution in [0.25, 0.3) is 0 Å². The fourth-order valence-electron chi connectivity index (χ4n) is 3.02. The third kappa shape index (κ3) is 6.19. The van der Waals surface area contributed by atoms with Gasteiger partial charge < -0.3 is 10.1 Å². The number of anilines is 1. The maximum absolute atomic E-state index is 12.8. The normalized spacial score (nSPS) is 11.4. The van der Waals surface area contributed by atoms with E-state index < -0.39 is 10.0 Å². The van der Waals surface area contributed by atoms with Gasteiger partial charge in [0.2, 0.25) is 10.0 Å². The van der Waals surface area contributed by atoms with Crippen LogP contribution in [0.15, 0.2) is 80.6 Å². The second-order valence-corrected chi connectivity index (χ2v) is 11.0. The van der Waals surface area contributed by atoms with Crippen molar-refractivity contribution >= 4 is 53.5 Å². The van der Waals surface area contributed by atoms with Crippen LogP contribution in [-0.4, -0.2) is 32.3 Å². The van der Waals surface area contributed by atoms with Gasteiger partial charge in [-0.1, -0.05) is 46.3 Å². The van der Waals surface area contributed by atoms with Crippen LogP contribution in [-0.2, 0) is 21.4 Å². The molecule has 3 aromatic rings. The second-order valence-electron chi connectivity index (χ2n) is 7.14. The first-order valence-corrected chi connectivity index (χ1v) is 12.7. The zero-order chi connectivity index (χ0) is 23.3. The first-order valence-electron chi connectivity index (χ1n) is 9.65. The molecule has 32 heavy (non-hydrogen) atoms. The molecule has 0 atom stereocenters. The molecule has 168 valence electrons. The van der Waals surface area contributed by atoms with E-state index in [0.29, 0.717) is 11.4 Å². The van der Waals surface area contributed by atoms with Gasteiger partial charge in [-0.15, -0.1) is 0 Å². The summed E-state index contributed by atoms with van der Waals surface area (Å²) in [6.45, 7) is 1.97. The number of carbonyl (C=O) groups excluding carboxylic acids is 1. The Labute approximate surface area is 204 Å². The number of sulfonamides is 1. The summed E-state index contributed by atoms with van der Waals surface area (Å²) in [7, 11) is -2.12. The molecule has 9 heteroatoms. The van der Waals surface area contributed by atoms with Gasteiger partial charge in [0, 0.05) is 23.8 Å². The summed E-state index contributed by atoms with van der Waals surface area (Å²) in [5, 5.41) is 2.71. The number of halogens is 2. The van der Waals surface area contributed by atoms with E-state index in [1.54, 1.807) is 12.1 Å². The summed E-state index contributed by atoms with van der Waals surface area (Å²) in [5.74, 6) is 0.238. The van der Waals surface area contributed by atoms with Crippen molar-refractivity contribution in [1.29, 1.82) is 0 Å². The van der Waals surface area contributed by atoms with Crippen molar-refractivity contribution < 1.29 is 17.9 Å². The zero-order valence-corrected chi connectivity index (χ0v) is 21.5. The monoisotopic (exact) mass is 580 g/mol. The highest BCUT2D eigenvalue weighted by Gasteiger charge is 2.21. The van der Waals surface area contributed by atoms with Gasteiger partial charge in [-0.25, -0.2) is 8.42 Å². The van der Waals surface area contributed by atoms with E-state index in [2.05, 4.69) is 37.2 Å². The maximum atomic E-state index is 12.8. The predicted molar refractivity (Wildman–Crippen MR) is 132 cm³/mol. The highest BCUT2D eigenvalue weighted by Crippen LogP contribution is 2.32. The molecule has 0 spiro atoms. The quantitative estimate of drug-likeness (QED) is 0.389. The number of ether oxygens (including phenoxy) is 1. The van der Waals surface area contributed by atoms with E-state index in [0.717, 1.165) is 20.1 Å². The topological polar surface area (TPSA) is 75.7 Å². The molecule has 0 aliphatic heterocycles. The zero-order valence-electron chi connectivity index (χ0n) is 17.5. The summed E-state index contributed by atoms with van der Waals surface area (Å²) in [4.78, 5) is 12.4. The van der Waals surface area contributed by atoms with Crippen LogP contribution < -0.4 is 10.1 Å². The van der Waals surface area contributed by atoms with E-state index in [4.69, 9.17) is 4.74 Å². The molecule has 1 N–H and O–H groups in total. The summed E-state index contributed by atoms with van der Waals surface area (Å²) >= 11 is 6.83. The van der Waals surface area contributed by atoms with Crippen molar-refractivity contribution in [2.75, 3.05) is 19.0 Å². The van der Waals surface area contributed by atoms with E-state index in [1.165, 1.54) is 23.5 Å². The lowest BCUT2D eigenvalue weighted by molar-refractivity contribution is -0.118. The van der Waals surface area contributed by atoms with Gasteiger partial charge in [0.15, 0.2) is 6.61 Å². The van der Waals surface area contributed by atoms with E-state index in [9.17, 15) is 13.2 Å². The molecule has 0 fully saturated rings. The van der Waals surface area contributed by atoms with Crippen LogP contribution in [0, 0.1) is 6.92 Å². The molecule has 0 unspecified atom stereocenters. The molecule has 1 amide bonds. The number of hydrogen-bond acceptors (Lipinski definition) is 4. The van der Waals surface area contributed by atoms with Crippen LogP contribution in [0.2, 0.25) is 0 Å². The minimum Gasteiger partial charge on any atom is -0.482 e. The van der Waals surface area contributed by atoms with Crippen LogP contribution >= 0.6 is 31.9 Å². The average Bonchev–Trinajstić information content (AvgIpc) is 2.74. The molecular weight excluding hydrogens is 560 g/mol. The van der Waals surface area contributed by atoms with Crippen LogP contribution in [0.1, 0.15) is 11.1 Å². The largest absolute Gasteiger partial charge is 0.482 e. The first-order chi connectivity index (χ1) is 15.2. The van der Waals surface area contributed by atoms with Crippen LogP contribution in [0.5, 0.6) is 5.75 Å². The van der Waals surface area contributed by atoms with Crippen molar-refractivity contribution in [2.24, 2.45) is 0 Å². The van der Waals surface area contributed by atoms with Crippen molar-refractivity contribution in [1.82, 2.24) is 4.31 Å². The number of carbonyl (C=O) groups is 1. The summed E-state index contributed by atoms with van der Waals surface area (Å²) in [5.41, 5.74) is 2.26. The van der Waals surface area contributed by atoms with Crippen molar-refractivity contribution in [3.8, 4) is 5.75 Å². The number of nitrogens with one attached hydrogen (secondary N) is 1. The lowest BCUT2D eigenvalue weighted by Gasteiger charge is -2.17. The molecule has 3 rings (SSSR count). The predicted octanol–water partition coefficient (Wildman–Crippen LogP) is 5.36. The summed E-state index contributed by atoms with van der Waals surface area (Å²) in [6.07, 6.45) is 0. The molecule has 0 aromatic heterocycles. The van der Waals surface area contributed by atoms with Gasteiger partial charge in [-0.3, -0.25) is 4.79 Å². The van der Waals surface area contributed by atoms with Gasteiger partial charge in [-0.2, -0.15) is 4.31 Å². The van der Waals surface area contributed by atoms with Gasteiger partial charge in [0.1, 0.15) is 5.75 Å². The van der Waals surface area contributed by atoms with Gasteiger partial charge in [-0.05, 0) is 70.4 Å². The third-order valence-corrected chi connectivity index (χ3v) is 7.50. The Balaban J connectivity index is 1.61. The Morgan fingerprint density at radius 1 is 1.03 bits per heavy atom. The molecule has 0 aliphatic rings. The van der Waals surface area contributed by atoms with E-state index >= 15 is 0 Å². The van der Waals surface area contributed by atoms with Crippen molar-refractivity contribution in [2.45, 2.75) is 18.4 Å². The molecule has 0 bridgehead atoms. The third-order valence-electron chi connectivity index (χ3n) is 4.64. The smallest absolute Gasteiger partial charge is 0.262 e. The number of nitrogens with zero attached hydrogens (tertiary/aromatic N) is 1. The summed E-state index contributed by atoms with van der Waals surface area (Å²) in [6, 6.07) is 19.2. The van der Waals surface area contributed by atoms with Gasteiger partial charge in [0.25, 0.3) is 5.91 Å². The Hall–Kier alpha value is -2.20. The lowest BCUT2D eigenvalue weighted by atomic mass is 10.2. The molecule has 3 aromatic carbocycles. The van der Waals surface area contributed by atoms with Crippen molar-refractivity contribution in [3.05, 3.63) is 86.8 Å². The average molecular weight is 582 g/mol. The lowest BCUT2D eigenvalue weighted by Crippen LogP contribution is -2.26. The minimum atomic E-state index is -3.65. The molecular formula is C23H22Br2N2O4S. The number of benzene rings is 3. The minimum absolute atomic E-state index is 0.152. The van der Waals surface area contributed by atoms with Crippen LogP contribution in [0.4, 0.5) is 5.69 Å². The SMILES string of the molecule is Cc1cc(Br)cc(Br)c1OCC(=O)Nc1ccc(S(=O)(=O)N(C)Cc2ccccc2)cc1. The Morgan fingerprint density at radius 3 is 2.31 bits per heavy atom. The number of rotatable bonds is 8. The van der Waals surface area contributed by atoms with Crippen LogP contribution in [0.3, 0.4) is 0 Å².